The topological polar surface area (TPSA) is 95.7 Å². The van der Waals surface area contributed by atoms with Crippen LogP contribution in [0.3, 0.4) is 0 Å². The van der Waals surface area contributed by atoms with Crippen LogP contribution in [0.2, 0.25) is 0 Å². The summed E-state index contributed by atoms with van der Waals surface area (Å²) < 4.78 is 2.25. The lowest BCUT2D eigenvalue weighted by molar-refractivity contribution is -0.134. The predicted octanol–water partition coefficient (Wildman–Crippen LogP) is 3.74. The minimum atomic E-state index is -1.26. The molecule has 0 radical (unpaired) electrons. The van der Waals surface area contributed by atoms with E-state index >= 15 is 0 Å². The first-order valence-corrected chi connectivity index (χ1v) is 8.82. The summed E-state index contributed by atoms with van der Waals surface area (Å²) in [6, 6.07) is 12.6. The maximum absolute atomic E-state index is 9.55. The van der Waals surface area contributed by atoms with Gasteiger partial charge in [0.05, 0.1) is 11.2 Å². The first-order chi connectivity index (χ1) is 13.4. The summed E-state index contributed by atoms with van der Waals surface area (Å²) >= 11 is 0. The fourth-order valence-electron chi connectivity index (χ4n) is 2.76. The van der Waals surface area contributed by atoms with Crippen molar-refractivity contribution in [1.82, 2.24) is 9.66 Å². The van der Waals surface area contributed by atoms with Crippen LogP contribution in [0, 0.1) is 6.92 Å². The molecule has 2 heterocycles. The summed E-state index contributed by atoms with van der Waals surface area (Å²) in [6.45, 7) is 5.34. The van der Waals surface area contributed by atoms with Gasteiger partial charge in [0.2, 0.25) is 0 Å². The summed E-state index contributed by atoms with van der Waals surface area (Å²) in [5.74, 6) is -2.51. The van der Waals surface area contributed by atoms with Crippen molar-refractivity contribution in [2.45, 2.75) is 20.3 Å². The van der Waals surface area contributed by atoms with E-state index in [0.29, 0.717) is 12.2 Å². The molecule has 0 saturated heterocycles. The molecular weight excluding hydrogens is 358 g/mol. The maximum Gasteiger partial charge on any atom is 0.328 e. The van der Waals surface area contributed by atoms with Crippen molar-refractivity contribution in [1.29, 1.82) is 0 Å². The second kappa shape index (κ2) is 9.91. The van der Waals surface area contributed by atoms with Crippen molar-refractivity contribution < 1.29 is 19.8 Å². The number of para-hydroxylation sites is 1. The van der Waals surface area contributed by atoms with Crippen LogP contribution >= 0.6 is 0 Å². The number of carboxylic acids is 2. The van der Waals surface area contributed by atoms with Crippen LogP contribution in [0.1, 0.15) is 18.9 Å². The Morgan fingerprint density at radius 2 is 1.68 bits per heavy atom. The zero-order valence-corrected chi connectivity index (χ0v) is 15.8. The zero-order chi connectivity index (χ0) is 20.5. The van der Waals surface area contributed by atoms with Gasteiger partial charge in [-0.3, -0.25) is 14.7 Å². The fourth-order valence-corrected chi connectivity index (χ4v) is 2.76. The Hall–Kier alpha value is -3.61. The number of benzene rings is 1. The number of carboxylic acid groups (broad SMARTS) is 2. The lowest BCUT2D eigenvalue weighted by atomic mass is 10.2. The molecule has 1 aromatic carbocycles. The molecule has 0 aliphatic carbocycles. The van der Waals surface area contributed by atoms with Gasteiger partial charge < -0.3 is 10.2 Å². The Balaban J connectivity index is 0.000000300. The summed E-state index contributed by atoms with van der Waals surface area (Å²) in [6.07, 6.45) is 8.10. The number of hydrogen-bond donors (Lipinski definition) is 2. The minimum Gasteiger partial charge on any atom is -0.478 e. The maximum atomic E-state index is 9.55. The molecule has 0 bridgehead atoms. The van der Waals surface area contributed by atoms with E-state index in [1.54, 1.807) is 0 Å². The Labute approximate surface area is 163 Å². The van der Waals surface area contributed by atoms with Crippen LogP contribution in [0.4, 0.5) is 5.69 Å². The van der Waals surface area contributed by atoms with Gasteiger partial charge >= 0.3 is 11.9 Å². The van der Waals surface area contributed by atoms with E-state index in [1.807, 2.05) is 12.4 Å². The largest absolute Gasteiger partial charge is 0.478 e. The number of pyridine rings is 1. The zero-order valence-electron chi connectivity index (χ0n) is 15.8. The van der Waals surface area contributed by atoms with Gasteiger partial charge in [-0.05, 0) is 37.1 Å². The monoisotopic (exact) mass is 381 g/mol. The number of hydrogen-bond acceptors (Lipinski definition) is 4. The summed E-state index contributed by atoms with van der Waals surface area (Å²) in [7, 11) is 0. The van der Waals surface area contributed by atoms with Crippen molar-refractivity contribution in [3.8, 4) is 0 Å². The molecule has 0 aliphatic heterocycles. The Morgan fingerprint density at radius 1 is 1.07 bits per heavy atom. The first kappa shape index (κ1) is 20.7. The van der Waals surface area contributed by atoms with Gasteiger partial charge in [0.1, 0.15) is 0 Å². The van der Waals surface area contributed by atoms with Gasteiger partial charge in [-0.1, -0.05) is 25.1 Å². The van der Waals surface area contributed by atoms with Gasteiger partial charge in [-0.25, -0.2) is 9.59 Å². The molecule has 0 aliphatic rings. The highest BCUT2D eigenvalue weighted by molar-refractivity contribution is 5.89. The number of fused-ring (bicyclic) bond motifs is 1. The van der Waals surface area contributed by atoms with Gasteiger partial charge in [-0.2, -0.15) is 0 Å². The minimum absolute atomic E-state index is 0.558. The van der Waals surface area contributed by atoms with Gasteiger partial charge in [0.25, 0.3) is 0 Å². The van der Waals surface area contributed by atoms with Crippen LogP contribution in [0.15, 0.2) is 67.1 Å². The van der Waals surface area contributed by atoms with E-state index in [0.717, 1.165) is 13.0 Å². The van der Waals surface area contributed by atoms with Crippen LogP contribution in [0.25, 0.3) is 10.9 Å². The molecule has 7 heteroatoms. The SMILES string of the molecule is CCCN(c1ccncc1)n1cc(C)c2ccccc21.O=C(O)C=CC(=O)O. The quantitative estimate of drug-likeness (QED) is 0.632. The molecule has 146 valence electrons. The molecule has 3 rings (SSSR count). The standard InChI is InChI=1S/C17H19N3.C4H4O4/c1-3-12-19(15-8-10-18-11-9-15)20-13-14(2)16-6-4-5-7-17(16)20;5-3(6)1-2-4(7)8/h4-11,13H,3,12H2,1-2H3;1-2H,(H,5,6)(H,7,8). The third-order valence-electron chi connectivity index (χ3n) is 3.92. The van der Waals surface area contributed by atoms with E-state index in [-0.39, 0.29) is 0 Å². The lowest BCUT2D eigenvalue weighted by Crippen LogP contribution is -2.29. The summed E-state index contributed by atoms with van der Waals surface area (Å²) in [5, 5.41) is 19.2. The van der Waals surface area contributed by atoms with E-state index in [9.17, 15) is 9.59 Å². The molecule has 0 unspecified atom stereocenters. The Morgan fingerprint density at radius 3 is 2.25 bits per heavy atom. The van der Waals surface area contributed by atoms with Crippen molar-refractivity contribution in [2.24, 2.45) is 0 Å². The Kier molecular flexibility index (Phi) is 7.33. The fraction of sp³-hybridized carbons (Fsp3) is 0.190. The normalized spacial score (nSPS) is 10.5. The van der Waals surface area contributed by atoms with Gasteiger partial charge in [0, 0.05) is 42.7 Å². The van der Waals surface area contributed by atoms with Gasteiger partial charge in [0.15, 0.2) is 0 Å². The molecule has 0 spiro atoms. The highest BCUT2D eigenvalue weighted by Gasteiger charge is 2.12. The van der Waals surface area contributed by atoms with E-state index in [1.165, 1.54) is 22.2 Å². The van der Waals surface area contributed by atoms with Crippen molar-refractivity contribution in [3.05, 3.63) is 72.7 Å². The van der Waals surface area contributed by atoms with Crippen molar-refractivity contribution >= 4 is 28.5 Å². The number of aryl methyl sites for hydroxylation is 1. The predicted molar refractivity (Wildman–Crippen MR) is 108 cm³/mol. The number of aliphatic carboxylic acids is 2. The van der Waals surface area contributed by atoms with E-state index in [4.69, 9.17) is 10.2 Å². The van der Waals surface area contributed by atoms with Crippen LogP contribution in [-0.2, 0) is 9.59 Å². The Bertz CT molecular complexity index is 948. The molecule has 0 atom stereocenters. The molecule has 0 fully saturated rings. The molecule has 0 amide bonds. The molecule has 7 nitrogen and oxygen atoms in total. The highest BCUT2D eigenvalue weighted by atomic mass is 16.4. The van der Waals surface area contributed by atoms with E-state index in [2.05, 4.69) is 71.1 Å². The average Bonchev–Trinajstić information content (AvgIpc) is 3.02. The molecule has 2 N–H and O–H groups in total. The number of rotatable bonds is 6. The number of anilines is 1. The van der Waals surface area contributed by atoms with Crippen LogP contribution < -0.4 is 5.01 Å². The second-order valence-corrected chi connectivity index (χ2v) is 6.01. The third kappa shape index (κ3) is 5.44. The van der Waals surface area contributed by atoms with Crippen LogP contribution in [0.5, 0.6) is 0 Å². The third-order valence-corrected chi connectivity index (χ3v) is 3.92. The van der Waals surface area contributed by atoms with Crippen molar-refractivity contribution in [2.75, 3.05) is 11.6 Å². The molecule has 3 aromatic rings. The summed E-state index contributed by atoms with van der Waals surface area (Å²) in [5.41, 5.74) is 3.72. The first-order valence-electron chi connectivity index (χ1n) is 8.82. The molecule has 2 aromatic heterocycles. The number of aromatic nitrogens is 2. The molecular formula is C21H23N3O4. The molecule has 0 saturated carbocycles. The van der Waals surface area contributed by atoms with E-state index < -0.39 is 11.9 Å². The number of nitrogens with zero attached hydrogens (tertiary/aromatic N) is 3. The smallest absolute Gasteiger partial charge is 0.328 e. The average molecular weight is 381 g/mol. The molecule has 28 heavy (non-hydrogen) atoms. The lowest BCUT2D eigenvalue weighted by Gasteiger charge is -2.26. The van der Waals surface area contributed by atoms with Gasteiger partial charge in [-0.15, -0.1) is 0 Å². The van der Waals surface area contributed by atoms with Crippen LogP contribution in [-0.4, -0.2) is 38.4 Å². The number of carbonyl (C=O) groups is 2. The summed E-state index contributed by atoms with van der Waals surface area (Å²) in [4.78, 5) is 23.2. The van der Waals surface area contributed by atoms with Crippen molar-refractivity contribution in [3.63, 3.8) is 0 Å². The highest BCUT2D eigenvalue weighted by Crippen LogP contribution is 2.24. The second-order valence-electron chi connectivity index (χ2n) is 6.01.